The van der Waals surface area contributed by atoms with Gasteiger partial charge in [-0.25, -0.2) is 8.99 Å². The molecule has 174 valence electrons. The van der Waals surface area contributed by atoms with Gasteiger partial charge in [0.15, 0.2) is 9.92 Å². The molecule has 0 aliphatic heterocycles. The Balaban J connectivity index is 2.20. The first kappa shape index (κ1) is 24.5. The molecule has 13 heteroatoms. The van der Waals surface area contributed by atoms with Crippen LogP contribution in [0.3, 0.4) is 0 Å². The van der Waals surface area contributed by atoms with E-state index in [9.17, 15) is 13.8 Å². The van der Waals surface area contributed by atoms with Crippen molar-refractivity contribution in [1.29, 1.82) is 4.78 Å². The molecule has 0 aliphatic carbocycles. The minimum atomic E-state index is -3.62. The molecule has 1 unspecified atom stereocenters. The van der Waals surface area contributed by atoms with E-state index in [-0.39, 0.29) is 42.0 Å². The molecule has 12 nitrogen and oxygen atoms in total. The molecule has 1 aromatic heterocycles. The number of rotatable bonds is 10. The zero-order valence-corrected chi connectivity index (χ0v) is 18.8. The summed E-state index contributed by atoms with van der Waals surface area (Å²) in [5, 5.41) is 5.89. The molecule has 1 amide bonds. The SMILES string of the molecule is COc1ccc(C)cc1S(=N)(=O)Nc1ccc(C)n(CC(=O)NCCON=C(N)N)c1=O. The van der Waals surface area contributed by atoms with Gasteiger partial charge in [-0.1, -0.05) is 6.07 Å². The highest BCUT2D eigenvalue weighted by atomic mass is 32.2. The molecule has 0 saturated heterocycles. The van der Waals surface area contributed by atoms with E-state index in [1.54, 1.807) is 38.1 Å². The Kier molecular flexibility index (Phi) is 8.07. The topological polar surface area (TPSA) is 187 Å². The zero-order valence-electron chi connectivity index (χ0n) is 18.0. The Morgan fingerprint density at radius 3 is 2.62 bits per heavy atom. The molecule has 32 heavy (non-hydrogen) atoms. The highest BCUT2D eigenvalue weighted by Gasteiger charge is 2.19. The van der Waals surface area contributed by atoms with Crippen molar-refractivity contribution in [1.82, 2.24) is 9.88 Å². The van der Waals surface area contributed by atoms with Crippen LogP contribution in [-0.2, 0) is 26.1 Å². The fourth-order valence-electron chi connectivity index (χ4n) is 2.72. The van der Waals surface area contributed by atoms with E-state index in [0.717, 1.165) is 5.56 Å². The number of aromatic nitrogens is 1. The fraction of sp³-hybridized carbons (Fsp3) is 0.316. The number of hydrogen-bond donors (Lipinski definition) is 5. The van der Waals surface area contributed by atoms with E-state index in [4.69, 9.17) is 25.8 Å². The number of pyridine rings is 1. The summed E-state index contributed by atoms with van der Waals surface area (Å²) in [6, 6.07) is 7.94. The zero-order chi connectivity index (χ0) is 23.9. The average molecular weight is 466 g/mol. The number of anilines is 1. The monoisotopic (exact) mass is 465 g/mol. The molecule has 1 heterocycles. The maximum absolute atomic E-state index is 13.1. The number of hydrogen-bond acceptors (Lipinski definition) is 7. The second-order valence-electron chi connectivity index (χ2n) is 6.79. The van der Waals surface area contributed by atoms with Crippen molar-refractivity contribution >= 4 is 27.5 Å². The van der Waals surface area contributed by atoms with Gasteiger partial charge in [0.2, 0.25) is 11.9 Å². The highest BCUT2D eigenvalue weighted by molar-refractivity contribution is 7.93. The summed E-state index contributed by atoms with van der Waals surface area (Å²) < 4.78 is 30.4. The number of amides is 1. The Hall–Kier alpha value is -3.74. The second kappa shape index (κ2) is 10.5. The van der Waals surface area contributed by atoms with Crippen molar-refractivity contribution < 1.29 is 18.6 Å². The Labute approximate surface area is 185 Å². The summed E-state index contributed by atoms with van der Waals surface area (Å²) in [6.45, 7) is 3.32. The van der Waals surface area contributed by atoms with Gasteiger partial charge in [0.25, 0.3) is 5.56 Å². The smallest absolute Gasteiger partial charge is 0.275 e. The molecule has 0 fully saturated rings. The molecule has 0 saturated carbocycles. The van der Waals surface area contributed by atoms with Crippen LogP contribution in [0.15, 0.2) is 45.2 Å². The lowest BCUT2D eigenvalue weighted by Crippen LogP contribution is -2.36. The number of oxime groups is 1. The van der Waals surface area contributed by atoms with E-state index in [1.165, 1.54) is 17.7 Å². The normalized spacial score (nSPS) is 12.3. The number of ether oxygens (including phenoxy) is 1. The molecular formula is C19H27N7O5S. The summed E-state index contributed by atoms with van der Waals surface area (Å²) in [6.07, 6.45) is 0. The third-order valence-electron chi connectivity index (χ3n) is 4.26. The summed E-state index contributed by atoms with van der Waals surface area (Å²) in [5.41, 5.74) is 10.9. The molecule has 0 spiro atoms. The van der Waals surface area contributed by atoms with Gasteiger partial charge in [-0.3, -0.25) is 14.3 Å². The van der Waals surface area contributed by atoms with E-state index in [1.807, 2.05) is 0 Å². The van der Waals surface area contributed by atoms with Crippen molar-refractivity contribution in [3.05, 3.63) is 51.9 Å². The first-order valence-corrected chi connectivity index (χ1v) is 11.0. The van der Waals surface area contributed by atoms with Crippen LogP contribution >= 0.6 is 0 Å². The minimum absolute atomic E-state index is 0.0400. The summed E-state index contributed by atoms with van der Waals surface area (Å²) in [4.78, 5) is 30.0. The number of benzene rings is 1. The fourth-order valence-corrected chi connectivity index (χ4v) is 4.08. The number of nitrogens with zero attached hydrogens (tertiary/aromatic N) is 2. The molecule has 0 aliphatic rings. The average Bonchev–Trinajstić information content (AvgIpc) is 2.72. The van der Waals surface area contributed by atoms with Gasteiger partial charge < -0.3 is 30.9 Å². The van der Waals surface area contributed by atoms with Crippen molar-refractivity contribution in [3.8, 4) is 5.75 Å². The van der Waals surface area contributed by atoms with Gasteiger partial charge in [0.05, 0.1) is 13.7 Å². The van der Waals surface area contributed by atoms with Crippen LogP contribution in [-0.4, -0.2) is 40.9 Å². The molecular weight excluding hydrogens is 438 g/mol. The number of nitrogens with two attached hydrogens (primary N) is 2. The minimum Gasteiger partial charge on any atom is -0.495 e. The lowest BCUT2D eigenvalue weighted by molar-refractivity contribution is -0.122. The van der Waals surface area contributed by atoms with Gasteiger partial charge in [0, 0.05) is 5.69 Å². The third-order valence-corrected chi connectivity index (χ3v) is 5.71. The van der Waals surface area contributed by atoms with Crippen molar-refractivity contribution in [2.45, 2.75) is 25.3 Å². The number of nitrogens with one attached hydrogen (secondary N) is 3. The van der Waals surface area contributed by atoms with Gasteiger partial charge in [0.1, 0.15) is 29.5 Å². The largest absolute Gasteiger partial charge is 0.495 e. The number of carbonyl (C=O) groups is 1. The molecule has 0 radical (unpaired) electrons. The van der Waals surface area contributed by atoms with Crippen LogP contribution in [0.2, 0.25) is 0 Å². The molecule has 1 aromatic carbocycles. The van der Waals surface area contributed by atoms with E-state index in [2.05, 4.69) is 15.2 Å². The molecule has 2 rings (SSSR count). The lowest BCUT2D eigenvalue weighted by Gasteiger charge is -2.16. The van der Waals surface area contributed by atoms with Crippen LogP contribution < -0.4 is 31.8 Å². The maximum atomic E-state index is 13.1. The summed E-state index contributed by atoms with van der Waals surface area (Å²) >= 11 is 0. The first-order chi connectivity index (χ1) is 15.0. The Morgan fingerprint density at radius 1 is 1.25 bits per heavy atom. The van der Waals surface area contributed by atoms with Crippen molar-refractivity contribution in [2.24, 2.45) is 16.6 Å². The van der Waals surface area contributed by atoms with Crippen LogP contribution in [0.4, 0.5) is 5.69 Å². The van der Waals surface area contributed by atoms with E-state index < -0.39 is 21.4 Å². The predicted octanol–water partition coefficient (Wildman–Crippen LogP) is 0.228. The molecule has 0 bridgehead atoms. The Morgan fingerprint density at radius 2 is 1.97 bits per heavy atom. The predicted molar refractivity (Wildman–Crippen MR) is 121 cm³/mol. The van der Waals surface area contributed by atoms with Crippen LogP contribution in [0, 0.1) is 18.6 Å². The van der Waals surface area contributed by atoms with Gasteiger partial charge >= 0.3 is 0 Å². The van der Waals surface area contributed by atoms with Crippen LogP contribution in [0.25, 0.3) is 0 Å². The maximum Gasteiger partial charge on any atom is 0.275 e. The summed E-state index contributed by atoms with van der Waals surface area (Å²) in [5.74, 6) is -0.428. The third kappa shape index (κ3) is 6.38. The quantitative estimate of drug-likeness (QED) is 0.144. The summed E-state index contributed by atoms with van der Waals surface area (Å²) in [7, 11) is -2.22. The van der Waals surface area contributed by atoms with Crippen molar-refractivity contribution in [3.63, 3.8) is 0 Å². The van der Waals surface area contributed by atoms with Gasteiger partial charge in [-0.05, 0) is 48.8 Å². The van der Waals surface area contributed by atoms with E-state index >= 15 is 0 Å². The number of guanidine groups is 1. The van der Waals surface area contributed by atoms with Crippen LogP contribution in [0.5, 0.6) is 5.75 Å². The lowest BCUT2D eigenvalue weighted by atomic mass is 10.2. The number of methoxy groups -OCH3 is 1. The van der Waals surface area contributed by atoms with Gasteiger partial charge in [-0.15, -0.1) is 0 Å². The van der Waals surface area contributed by atoms with Crippen molar-refractivity contribution in [2.75, 3.05) is 25.0 Å². The van der Waals surface area contributed by atoms with Gasteiger partial charge in [-0.2, -0.15) is 0 Å². The highest BCUT2D eigenvalue weighted by Crippen LogP contribution is 2.26. The Bertz CT molecular complexity index is 1170. The first-order valence-electron chi connectivity index (χ1n) is 9.44. The molecule has 1 atom stereocenters. The molecule has 2 aromatic rings. The van der Waals surface area contributed by atoms with E-state index in [0.29, 0.717) is 5.69 Å². The van der Waals surface area contributed by atoms with Crippen LogP contribution in [0.1, 0.15) is 11.3 Å². The number of carbonyl (C=O) groups excluding carboxylic acids is 1. The number of aryl methyl sites for hydroxylation is 2. The standard InChI is InChI=1S/C19H27N7O5S/c1-12-4-7-15(30-3)16(10-12)32(22,29)25-14-6-5-13(2)26(18(14)28)11-17(27)23-8-9-31-24-19(20)21/h4-7,10H,8-9,11H2,1-3H3,(H,23,27)(H4,20,21,24)(H2,22,25,29). The molecule has 7 N–H and O–H groups in total. The second-order valence-corrected chi connectivity index (χ2v) is 8.55.